The third-order valence-electron chi connectivity index (χ3n) is 2.30. The summed E-state index contributed by atoms with van der Waals surface area (Å²) in [5.41, 5.74) is 6.60. The Morgan fingerprint density at radius 2 is 2.17 bits per heavy atom. The minimum Gasteiger partial charge on any atom is -0.493 e. The van der Waals surface area contributed by atoms with Gasteiger partial charge in [0.05, 0.1) is 7.11 Å². The van der Waals surface area contributed by atoms with E-state index in [9.17, 15) is 4.79 Å². The number of nitrogens with one attached hydrogen (secondary N) is 1. The van der Waals surface area contributed by atoms with Crippen molar-refractivity contribution in [3.8, 4) is 11.5 Å². The van der Waals surface area contributed by atoms with Crippen molar-refractivity contribution >= 4 is 5.91 Å². The van der Waals surface area contributed by atoms with Gasteiger partial charge in [-0.25, -0.2) is 0 Å². The number of ether oxygens (including phenoxy) is 2. The number of nitrogens with two attached hydrogens (primary N) is 1. The van der Waals surface area contributed by atoms with E-state index in [0.717, 1.165) is 5.56 Å². The van der Waals surface area contributed by atoms with E-state index in [4.69, 9.17) is 15.2 Å². The zero-order valence-corrected chi connectivity index (χ0v) is 11.0. The molecule has 1 amide bonds. The molecule has 0 saturated carbocycles. The summed E-state index contributed by atoms with van der Waals surface area (Å²) in [6.07, 6.45) is 0. The molecule has 5 heteroatoms. The van der Waals surface area contributed by atoms with E-state index < -0.39 is 0 Å². The van der Waals surface area contributed by atoms with Crippen molar-refractivity contribution in [3.05, 3.63) is 23.8 Å². The summed E-state index contributed by atoms with van der Waals surface area (Å²) >= 11 is 0. The molecule has 0 aliphatic rings. The molecule has 1 unspecified atom stereocenters. The number of carbonyl (C=O) groups excluding carboxylic acids is 1. The maximum atomic E-state index is 11.5. The quantitative estimate of drug-likeness (QED) is 0.787. The highest BCUT2D eigenvalue weighted by Crippen LogP contribution is 2.27. The average molecular weight is 252 g/mol. The van der Waals surface area contributed by atoms with Crippen molar-refractivity contribution < 1.29 is 14.3 Å². The second-order valence-corrected chi connectivity index (χ2v) is 4.22. The van der Waals surface area contributed by atoms with Crippen molar-refractivity contribution in [2.75, 3.05) is 20.3 Å². The van der Waals surface area contributed by atoms with Gasteiger partial charge >= 0.3 is 0 Å². The maximum absolute atomic E-state index is 11.5. The summed E-state index contributed by atoms with van der Waals surface area (Å²) in [6.45, 7) is 4.17. The number of rotatable bonds is 6. The Kier molecular flexibility index (Phi) is 5.45. The fourth-order valence-corrected chi connectivity index (χ4v) is 1.36. The summed E-state index contributed by atoms with van der Waals surface area (Å²) in [6, 6.07) is 5.47. The van der Waals surface area contributed by atoms with Gasteiger partial charge in [-0.2, -0.15) is 0 Å². The molecule has 1 atom stereocenters. The van der Waals surface area contributed by atoms with E-state index in [0.29, 0.717) is 18.0 Å². The van der Waals surface area contributed by atoms with E-state index in [1.54, 1.807) is 13.2 Å². The molecule has 1 aromatic carbocycles. The van der Waals surface area contributed by atoms with Gasteiger partial charge in [0.15, 0.2) is 18.1 Å². The van der Waals surface area contributed by atoms with Crippen molar-refractivity contribution in [1.82, 2.24) is 5.32 Å². The fourth-order valence-electron chi connectivity index (χ4n) is 1.36. The van der Waals surface area contributed by atoms with E-state index in [2.05, 4.69) is 5.32 Å². The molecule has 0 fully saturated rings. The summed E-state index contributed by atoms with van der Waals surface area (Å²) in [4.78, 5) is 11.5. The first-order valence-electron chi connectivity index (χ1n) is 5.82. The number of hydrogen-bond acceptors (Lipinski definition) is 4. The van der Waals surface area contributed by atoms with Crippen LogP contribution in [0.4, 0.5) is 0 Å². The molecular weight excluding hydrogens is 232 g/mol. The first kappa shape index (κ1) is 14.3. The van der Waals surface area contributed by atoms with Crippen LogP contribution in [-0.2, 0) is 4.79 Å². The molecule has 3 N–H and O–H groups in total. The molecule has 0 radical (unpaired) electrons. The minimum atomic E-state index is -0.199. The monoisotopic (exact) mass is 252 g/mol. The van der Waals surface area contributed by atoms with Crippen LogP contribution < -0.4 is 20.5 Å². The molecule has 1 rings (SSSR count). The minimum absolute atomic E-state index is 0.0495. The lowest BCUT2D eigenvalue weighted by Gasteiger charge is -2.12. The van der Waals surface area contributed by atoms with Gasteiger partial charge in [-0.05, 0) is 31.5 Å². The van der Waals surface area contributed by atoms with Crippen molar-refractivity contribution in [3.63, 3.8) is 0 Å². The largest absolute Gasteiger partial charge is 0.493 e. The van der Waals surface area contributed by atoms with Crippen molar-refractivity contribution in [2.45, 2.75) is 19.9 Å². The normalized spacial score (nSPS) is 11.8. The number of carbonyl (C=O) groups is 1. The van der Waals surface area contributed by atoms with Crippen molar-refractivity contribution in [1.29, 1.82) is 0 Å². The zero-order valence-electron chi connectivity index (χ0n) is 11.0. The van der Waals surface area contributed by atoms with E-state index in [1.165, 1.54) is 0 Å². The Morgan fingerprint density at radius 1 is 1.44 bits per heavy atom. The van der Waals surface area contributed by atoms with Gasteiger partial charge in [0.25, 0.3) is 5.91 Å². The van der Waals surface area contributed by atoms with Crippen LogP contribution in [0.25, 0.3) is 0 Å². The molecule has 0 aliphatic carbocycles. The van der Waals surface area contributed by atoms with Gasteiger partial charge in [0.2, 0.25) is 0 Å². The summed E-state index contributed by atoms with van der Waals surface area (Å²) in [7, 11) is 1.57. The molecule has 100 valence electrons. The average Bonchev–Trinajstić information content (AvgIpc) is 2.34. The van der Waals surface area contributed by atoms with Gasteiger partial charge in [-0.3, -0.25) is 4.79 Å². The number of methoxy groups -OCH3 is 1. The predicted molar refractivity (Wildman–Crippen MR) is 69.9 cm³/mol. The number of benzene rings is 1. The Morgan fingerprint density at radius 3 is 2.78 bits per heavy atom. The molecule has 0 aromatic heterocycles. The van der Waals surface area contributed by atoms with E-state index in [-0.39, 0.29) is 18.6 Å². The van der Waals surface area contributed by atoms with Gasteiger partial charge in [0, 0.05) is 12.6 Å². The van der Waals surface area contributed by atoms with Crippen LogP contribution in [0.1, 0.15) is 12.5 Å². The number of aryl methyl sites for hydroxylation is 1. The van der Waals surface area contributed by atoms with Crippen LogP contribution in [-0.4, -0.2) is 32.2 Å². The summed E-state index contributed by atoms with van der Waals surface area (Å²) < 4.78 is 10.6. The lowest BCUT2D eigenvalue weighted by atomic mass is 10.2. The van der Waals surface area contributed by atoms with Gasteiger partial charge < -0.3 is 20.5 Å². The Hall–Kier alpha value is -1.75. The fraction of sp³-hybridized carbons (Fsp3) is 0.462. The van der Waals surface area contributed by atoms with Gasteiger partial charge in [0.1, 0.15) is 0 Å². The molecule has 18 heavy (non-hydrogen) atoms. The standard InChI is InChI=1S/C13H20N2O3/c1-9-4-5-11(12(6-9)17-3)18-8-13(16)15-7-10(2)14/h4-6,10H,7-8,14H2,1-3H3,(H,15,16). The van der Waals surface area contributed by atoms with Gasteiger partial charge in [-0.15, -0.1) is 0 Å². The summed E-state index contributed by atoms with van der Waals surface area (Å²) in [5.74, 6) is 0.976. The Bertz CT molecular complexity index is 405. The second-order valence-electron chi connectivity index (χ2n) is 4.22. The predicted octanol–water partition coefficient (Wildman–Crippen LogP) is 0.846. The number of hydrogen-bond donors (Lipinski definition) is 2. The smallest absolute Gasteiger partial charge is 0.257 e. The van der Waals surface area contributed by atoms with Crippen LogP contribution >= 0.6 is 0 Å². The highest BCUT2D eigenvalue weighted by Gasteiger charge is 2.07. The summed E-state index contributed by atoms with van der Waals surface area (Å²) in [5, 5.41) is 2.67. The lowest BCUT2D eigenvalue weighted by molar-refractivity contribution is -0.123. The zero-order chi connectivity index (χ0) is 13.5. The second kappa shape index (κ2) is 6.86. The van der Waals surface area contributed by atoms with E-state index >= 15 is 0 Å². The third-order valence-corrected chi connectivity index (χ3v) is 2.30. The van der Waals surface area contributed by atoms with E-state index in [1.807, 2.05) is 26.0 Å². The molecule has 0 heterocycles. The molecule has 1 aromatic rings. The van der Waals surface area contributed by atoms with Crippen LogP contribution in [0.3, 0.4) is 0 Å². The highest BCUT2D eigenvalue weighted by molar-refractivity contribution is 5.77. The topological polar surface area (TPSA) is 73.6 Å². The first-order valence-corrected chi connectivity index (χ1v) is 5.82. The number of amides is 1. The molecule has 0 saturated heterocycles. The van der Waals surface area contributed by atoms with Crippen LogP contribution in [0.15, 0.2) is 18.2 Å². The molecule has 0 spiro atoms. The van der Waals surface area contributed by atoms with Crippen LogP contribution in [0, 0.1) is 6.92 Å². The first-order chi connectivity index (χ1) is 8.52. The van der Waals surface area contributed by atoms with Crippen LogP contribution in [0.5, 0.6) is 11.5 Å². The SMILES string of the molecule is COc1cc(C)ccc1OCC(=O)NCC(C)N. The molecular formula is C13H20N2O3. The molecule has 0 bridgehead atoms. The van der Waals surface area contributed by atoms with Gasteiger partial charge in [-0.1, -0.05) is 6.07 Å². The highest BCUT2D eigenvalue weighted by atomic mass is 16.5. The van der Waals surface area contributed by atoms with Crippen molar-refractivity contribution in [2.24, 2.45) is 5.73 Å². The van der Waals surface area contributed by atoms with Crippen LogP contribution in [0.2, 0.25) is 0 Å². The molecule has 5 nitrogen and oxygen atoms in total. The lowest BCUT2D eigenvalue weighted by Crippen LogP contribution is -2.37. The maximum Gasteiger partial charge on any atom is 0.257 e. The molecule has 0 aliphatic heterocycles. The Balaban J connectivity index is 2.50. The third kappa shape index (κ3) is 4.63. The Labute approximate surface area is 107 Å².